The van der Waals surface area contributed by atoms with E-state index in [1.54, 1.807) is 0 Å². The van der Waals surface area contributed by atoms with E-state index in [4.69, 9.17) is 11.6 Å². The minimum Gasteiger partial charge on any atom is -0.314 e. The molecule has 0 saturated heterocycles. The molecule has 2 fully saturated rings. The molecule has 3 heteroatoms. The van der Waals surface area contributed by atoms with Gasteiger partial charge in [-0.05, 0) is 73.8 Å². The fraction of sp³-hybridized carbons (Fsp3) is 0.765. The maximum absolute atomic E-state index is 6.43. The molecular weight excluding hydrogens is 286 g/mol. The molecule has 3 atom stereocenters. The van der Waals surface area contributed by atoms with Gasteiger partial charge in [-0.3, -0.25) is 0 Å². The highest BCUT2D eigenvalue weighted by atomic mass is 35.5. The summed E-state index contributed by atoms with van der Waals surface area (Å²) in [6.45, 7) is 5.94. The van der Waals surface area contributed by atoms with E-state index in [1.807, 2.05) is 11.3 Å². The normalized spacial score (nSPS) is 30.9. The molecule has 0 spiro atoms. The minimum absolute atomic E-state index is 0.676. The van der Waals surface area contributed by atoms with Crippen molar-refractivity contribution < 1.29 is 0 Å². The zero-order valence-electron chi connectivity index (χ0n) is 12.6. The SMILES string of the molecule is CC(C)C1CCC(CNC2CC2)C(c2sccc2Cl)C1. The second kappa shape index (κ2) is 6.37. The minimum atomic E-state index is 0.676. The van der Waals surface area contributed by atoms with Crippen LogP contribution in [0.2, 0.25) is 5.02 Å². The first-order chi connectivity index (χ1) is 9.65. The van der Waals surface area contributed by atoms with Crippen LogP contribution in [0.1, 0.15) is 56.7 Å². The van der Waals surface area contributed by atoms with Gasteiger partial charge in [-0.15, -0.1) is 11.3 Å². The van der Waals surface area contributed by atoms with Gasteiger partial charge in [0.05, 0.1) is 5.02 Å². The third-order valence-corrected chi connectivity index (χ3v) is 6.69. The zero-order chi connectivity index (χ0) is 14.1. The van der Waals surface area contributed by atoms with Crippen LogP contribution in [-0.4, -0.2) is 12.6 Å². The van der Waals surface area contributed by atoms with Crippen molar-refractivity contribution in [1.82, 2.24) is 5.32 Å². The second-order valence-corrected chi connectivity index (χ2v) is 8.35. The molecule has 20 heavy (non-hydrogen) atoms. The highest BCUT2D eigenvalue weighted by molar-refractivity contribution is 7.10. The molecule has 0 bridgehead atoms. The van der Waals surface area contributed by atoms with E-state index in [1.165, 1.54) is 43.5 Å². The maximum Gasteiger partial charge on any atom is 0.0547 e. The third kappa shape index (κ3) is 3.40. The van der Waals surface area contributed by atoms with E-state index in [-0.39, 0.29) is 0 Å². The third-order valence-electron chi connectivity index (χ3n) is 5.20. The number of hydrogen-bond donors (Lipinski definition) is 1. The van der Waals surface area contributed by atoms with Crippen LogP contribution in [0.4, 0.5) is 0 Å². The Labute approximate surface area is 132 Å². The van der Waals surface area contributed by atoms with Crippen LogP contribution in [0.15, 0.2) is 11.4 Å². The van der Waals surface area contributed by atoms with Crippen LogP contribution in [0.25, 0.3) is 0 Å². The molecule has 1 aromatic heterocycles. The molecular formula is C17H26ClNS. The summed E-state index contributed by atoms with van der Waals surface area (Å²) < 4.78 is 0. The molecule has 3 unspecified atom stereocenters. The van der Waals surface area contributed by atoms with Gasteiger partial charge in [0.15, 0.2) is 0 Å². The summed E-state index contributed by atoms with van der Waals surface area (Å²) in [6, 6.07) is 2.89. The highest BCUT2D eigenvalue weighted by Gasteiger charge is 2.35. The Bertz CT molecular complexity index is 438. The fourth-order valence-electron chi connectivity index (χ4n) is 3.61. The lowest BCUT2D eigenvalue weighted by Crippen LogP contribution is -2.33. The zero-order valence-corrected chi connectivity index (χ0v) is 14.1. The molecule has 1 nitrogen and oxygen atoms in total. The summed E-state index contributed by atoms with van der Waals surface area (Å²) in [7, 11) is 0. The van der Waals surface area contributed by atoms with Gasteiger partial charge in [0.2, 0.25) is 0 Å². The molecule has 0 radical (unpaired) electrons. The number of thiophene rings is 1. The fourth-order valence-corrected chi connectivity index (χ4v) is 5.02. The van der Waals surface area contributed by atoms with E-state index in [2.05, 4.69) is 30.6 Å². The van der Waals surface area contributed by atoms with Gasteiger partial charge in [0.1, 0.15) is 0 Å². The molecule has 2 aliphatic carbocycles. The number of rotatable bonds is 5. The van der Waals surface area contributed by atoms with Crippen molar-refractivity contribution in [2.45, 2.75) is 57.9 Å². The Morgan fingerprint density at radius 2 is 2.10 bits per heavy atom. The number of nitrogens with one attached hydrogen (secondary N) is 1. The first-order valence-electron chi connectivity index (χ1n) is 8.11. The molecule has 0 aliphatic heterocycles. The Balaban J connectivity index is 1.72. The molecule has 112 valence electrons. The van der Waals surface area contributed by atoms with E-state index in [0.29, 0.717) is 5.92 Å². The first-order valence-corrected chi connectivity index (χ1v) is 9.37. The molecule has 0 aromatic carbocycles. The topological polar surface area (TPSA) is 12.0 Å². The van der Waals surface area contributed by atoms with Crippen LogP contribution in [0.5, 0.6) is 0 Å². The van der Waals surface area contributed by atoms with Crippen LogP contribution in [-0.2, 0) is 0 Å². The van der Waals surface area contributed by atoms with E-state index >= 15 is 0 Å². The molecule has 2 aliphatic rings. The van der Waals surface area contributed by atoms with Crippen LogP contribution < -0.4 is 5.32 Å². The van der Waals surface area contributed by atoms with E-state index in [0.717, 1.165) is 28.8 Å². The van der Waals surface area contributed by atoms with Crippen molar-refractivity contribution in [1.29, 1.82) is 0 Å². The smallest absolute Gasteiger partial charge is 0.0547 e. The predicted molar refractivity (Wildman–Crippen MR) is 88.8 cm³/mol. The van der Waals surface area contributed by atoms with Gasteiger partial charge in [-0.25, -0.2) is 0 Å². The molecule has 0 amide bonds. The molecule has 1 heterocycles. The first kappa shape index (κ1) is 14.9. The summed E-state index contributed by atoms with van der Waals surface area (Å²) in [5.41, 5.74) is 0. The van der Waals surface area contributed by atoms with Crippen LogP contribution in [0, 0.1) is 17.8 Å². The second-order valence-electron chi connectivity index (χ2n) is 7.00. The summed E-state index contributed by atoms with van der Waals surface area (Å²) >= 11 is 8.29. The van der Waals surface area contributed by atoms with Crippen molar-refractivity contribution in [2.24, 2.45) is 17.8 Å². The quantitative estimate of drug-likeness (QED) is 0.777. The van der Waals surface area contributed by atoms with Gasteiger partial charge < -0.3 is 5.32 Å². The number of halogens is 1. The maximum atomic E-state index is 6.43. The van der Waals surface area contributed by atoms with Gasteiger partial charge in [-0.1, -0.05) is 25.4 Å². The highest BCUT2D eigenvalue weighted by Crippen LogP contribution is 2.46. The Kier molecular flexibility index (Phi) is 4.74. The molecule has 3 rings (SSSR count). The Hall–Kier alpha value is -0.0500. The predicted octanol–water partition coefficient (Wildman–Crippen LogP) is 5.31. The van der Waals surface area contributed by atoms with Crippen LogP contribution in [0.3, 0.4) is 0 Å². The molecule has 1 N–H and O–H groups in total. The lowest BCUT2D eigenvalue weighted by atomic mass is 9.70. The standard InChI is InChI=1S/C17H26ClNS/c1-11(2)12-3-4-13(10-19-14-5-6-14)15(9-12)17-16(18)7-8-20-17/h7-8,11-15,19H,3-6,9-10H2,1-2H3. The van der Waals surface area contributed by atoms with Gasteiger partial charge in [-0.2, -0.15) is 0 Å². The average Bonchev–Trinajstić information content (AvgIpc) is 3.17. The number of hydrogen-bond acceptors (Lipinski definition) is 2. The summed E-state index contributed by atoms with van der Waals surface area (Å²) in [6.07, 6.45) is 6.85. The van der Waals surface area contributed by atoms with E-state index in [9.17, 15) is 0 Å². The van der Waals surface area contributed by atoms with Gasteiger partial charge in [0, 0.05) is 10.9 Å². The van der Waals surface area contributed by atoms with E-state index < -0.39 is 0 Å². The summed E-state index contributed by atoms with van der Waals surface area (Å²) in [4.78, 5) is 1.44. The lowest BCUT2D eigenvalue weighted by molar-refractivity contribution is 0.192. The van der Waals surface area contributed by atoms with Crippen LogP contribution >= 0.6 is 22.9 Å². The summed E-state index contributed by atoms with van der Waals surface area (Å²) in [5, 5.41) is 6.90. The van der Waals surface area contributed by atoms with Crippen molar-refractivity contribution >= 4 is 22.9 Å². The Morgan fingerprint density at radius 1 is 1.30 bits per heavy atom. The van der Waals surface area contributed by atoms with Crippen molar-refractivity contribution in [3.63, 3.8) is 0 Å². The lowest BCUT2D eigenvalue weighted by Gasteiger charge is -2.38. The largest absolute Gasteiger partial charge is 0.314 e. The van der Waals surface area contributed by atoms with Crippen molar-refractivity contribution in [3.05, 3.63) is 21.3 Å². The average molecular weight is 312 g/mol. The van der Waals surface area contributed by atoms with Gasteiger partial charge >= 0.3 is 0 Å². The van der Waals surface area contributed by atoms with Crippen molar-refractivity contribution in [3.8, 4) is 0 Å². The Morgan fingerprint density at radius 3 is 2.70 bits per heavy atom. The summed E-state index contributed by atoms with van der Waals surface area (Å²) in [5.74, 6) is 3.13. The molecule has 1 aromatic rings. The van der Waals surface area contributed by atoms with Crippen molar-refractivity contribution in [2.75, 3.05) is 6.54 Å². The van der Waals surface area contributed by atoms with Gasteiger partial charge in [0.25, 0.3) is 0 Å². The monoisotopic (exact) mass is 311 g/mol. The molecule has 2 saturated carbocycles.